The molecule has 0 bridgehead atoms. The zero-order valence-electron chi connectivity index (χ0n) is 10.9. The molecule has 0 spiro atoms. The van der Waals surface area contributed by atoms with E-state index in [1.165, 1.54) is 5.56 Å². The minimum atomic E-state index is -0.296. The molecule has 0 saturated heterocycles. The van der Waals surface area contributed by atoms with E-state index in [4.69, 9.17) is 11.6 Å². The Hall–Kier alpha value is -1.84. The highest BCUT2D eigenvalue weighted by molar-refractivity contribution is 6.30. The summed E-state index contributed by atoms with van der Waals surface area (Å²) in [6, 6.07) is 14.9. The molecule has 0 aromatic heterocycles. The highest BCUT2D eigenvalue weighted by Crippen LogP contribution is 2.24. The van der Waals surface area contributed by atoms with Gasteiger partial charge in [-0.25, -0.2) is 0 Å². The van der Waals surface area contributed by atoms with Gasteiger partial charge in [-0.3, -0.25) is 4.79 Å². The van der Waals surface area contributed by atoms with Crippen LogP contribution in [-0.2, 0) is 11.2 Å². The average Bonchev–Trinajstić information content (AvgIpc) is 2.49. The fourth-order valence-corrected chi connectivity index (χ4v) is 2.61. The molecule has 1 amide bonds. The molecule has 0 saturated carbocycles. The van der Waals surface area contributed by atoms with Gasteiger partial charge in [0.05, 0.1) is 0 Å². The summed E-state index contributed by atoms with van der Waals surface area (Å²) in [6.07, 6.45) is 0.959. The fraction of sp³-hybridized carbons (Fsp3) is 0.188. The molecule has 1 aliphatic rings. The van der Waals surface area contributed by atoms with Crippen molar-refractivity contribution < 1.29 is 4.79 Å². The molecule has 0 aliphatic carbocycles. The molecule has 20 heavy (non-hydrogen) atoms. The molecular weight excluding hydrogens is 272 g/mol. The normalized spacial score (nSPS) is 17.4. The summed E-state index contributed by atoms with van der Waals surface area (Å²) < 4.78 is 0. The monoisotopic (exact) mass is 286 g/mol. The van der Waals surface area contributed by atoms with Gasteiger partial charge < -0.3 is 10.6 Å². The van der Waals surface area contributed by atoms with Crippen LogP contribution >= 0.6 is 11.6 Å². The molecule has 2 aromatic carbocycles. The zero-order chi connectivity index (χ0) is 13.9. The Bertz CT molecular complexity index is 625. The van der Waals surface area contributed by atoms with Crippen molar-refractivity contribution in [2.75, 3.05) is 11.9 Å². The smallest absolute Gasteiger partial charge is 0.246 e. The van der Waals surface area contributed by atoms with Crippen LogP contribution in [0.5, 0.6) is 0 Å². The Kier molecular flexibility index (Phi) is 3.72. The number of carbonyl (C=O) groups excluding carboxylic acids is 1. The molecule has 2 aromatic rings. The number of anilines is 1. The second-order valence-electron chi connectivity index (χ2n) is 4.83. The van der Waals surface area contributed by atoms with Crippen molar-refractivity contribution in [2.24, 2.45) is 0 Å². The fourth-order valence-electron chi connectivity index (χ4n) is 2.49. The van der Waals surface area contributed by atoms with Gasteiger partial charge in [-0.2, -0.15) is 0 Å². The van der Waals surface area contributed by atoms with Crippen molar-refractivity contribution in [3.8, 4) is 0 Å². The quantitative estimate of drug-likeness (QED) is 0.890. The Morgan fingerprint density at radius 2 is 1.90 bits per heavy atom. The number of rotatable bonds is 2. The average molecular weight is 287 g/mol. The lowest BCUT2D eigenvalue weighted by molar-refractivity contribution is -0.118. The van der Waals surface area contributed by atoms with Gasteiger partial charge in [0.25, 0.3) is 0 Å². The summed E-state index contributed by atoms with van der Waals surface area (Å²) in [4.78, 5) is 12.4. The third-order valence-electron chi connectivity index (χ3n) is 3.48. The van der Waals surface area contributed by atoms with Gasteiger partial charge in [-0.05, 0) is 41.8 Å². The lowest BCUT2D eigenvalue weighted by Crippen LogP contribution is -2.38. The van der Waals surface area contributed by atoms with Gasteiger partial charge in [0, 0.05) is 17.3 Å². The molecule has 3 rings (SSSR count). The summed E-state index contributed by atoms with van der Waals surface area (Å²) >= 11 is 5.84. The van der Waals surface area contributed by atoms with Crippen LogP contribution in [0.25, 0.3) is 0 Å². The first kappa shape index (κ1) is 13.2. The first-order valence-electron chi connectivity index (χ1n) is 6.61. The van der Waals surface area contributed by atoms with Crippen LogP contribution in [0.15, 0.2) is 48.5 Å². The van der Waals surface area contributed by atoms with E-state index in [1.807, 2.05) is 18.2 Å². The Morgan fingerprint density at radius 1 is 1.15 bits per heavy atom. The highest BCUT2D eigenvalue weighted by atomic mass is 35.5. The van der Waals surface area contributed by atoms with Crippen molar-refractivity contribution in [3.63, 3.8) is 0 Å². The first-order chi connectivity index (χ1) is 9.74. The third-order valence-corrected chi connectivity index (χ3v) is 3.73. The summed E-state index contributed by atoms with van der Waals surface area (Å²) in [5, 5.41) is 6.84. The minimum absolute atomic E-state index is 0.0422. The highest BCUT2D eigenvalue weighted by Gasteiger charge is 2.25. The predicted octanol–water partition coefficient (Wildman–Crippen LogP) is 3.17. The molecule has 0 radical (unpaired) electrons. The summed E-state index contributed by atoms with van der Waals surface area (Å²) in [7, 11) is 0. The lowest BCUT2D eigenvalue weighted by atomic mass is 9.94. The van der Waals surface area contributed by atoms with E-state index < -0.39 is 0 Å². The van der Waals surface area contributed by atoms with Crippen molar-refractivity contribution in [2.45, 2.75) is 12.5 Å². The standard InChI is InChI=1S/C16H15ClN2O/c17-12-5-7-13(8-6-12)19-16(20)15-14-4-2-1-3-11(14)9-10-18-15/h1-8,15,18H,9-10H2,(H,19,20). The maximum absolute atomic E-state index is 12.4. The number of nitrogens with one attached hydrogen (secondary N) is 2. The summed E-state index contributed by atoms with van der Waals surface area (Å²) in [5.74, 6) is -0.0422. The predicted molar refractivity (Wildman–Crippen MR) is 81.0 cm³/mol. The van der Waals surface area contributed by atoms with Crippen molar-refractivity contribution in [3.05, 3.63) is 64.7 Å². The van der Waals surface area contributed by atoms with Crippen molar-refractivity contribution >= 4 is 23.2 Å². The Labute approximate surface area is 123 Å². The molecule has 1 heterocycles. The Balaban J connectivity index is 1.80. The zero-order valence-corrected chi connectivity index (χ0v) is 11.7. The number of fused-ring (bicyclic) bond motifs is 1. The number of hydrogen-bond donors (Lipinski definition) is 2. The molecule has 1 aliphatic heterocycles. The van der Waals surface area contributed by atoms with Crippen LogP contribution in [0.2, 0.25) is 5.02 Å². The van der Waals surface area contributed by atoms with Gasteiger partial charge in [0.15, 0.2) is 0 Å². The van der Waals surface area contributed by atoms with Crippen LogP contribution in [0.3, 0.4) is 0 Å². The first-order valence-corrected chi connectivity index (χ1v) is 6.99. The van der Waals surface area contributed by atoms with Crippen LogP contribution < -0.4 is 10.6 Å². The molecule has 1 atom stereocenters. The molecule has 0 fully saturated rings. The van der Waals surface area contributed by atoms with E-state index in [2.05, 4.69) is 16.7 Å². The second-order valence-corrected chi connectivity index (χ2v) is 5.27. The van der Waals surface area contributed by atoms with Gasteiger partial charge in [-0.15, -0.1) is 0 Å². The van der Waals surface area contributed by atoms with Crippen LogP contribution in [-0.4, -0.2) is 12.5 Å². The van der Waals surface area contributed by atoms with E-state index in [1.54, 1.807) is 24.3 Å². The van der Waals surface area contributed by atoms with Crippen LogP contribution in [0.4, 0.5) is 5.69 Å². The van der Waals surface area contributed by atoms with Gasteiger partial charge in [-0.1, -0.05) is 35.9 Å². The van der Waals surface area contributed by atoms with E-state index in [9.17, 15) is 4.79 Å². The molecular formula is C16H15ClN2O. The second kappa shape index (κ2) is 5.65. The Morgan fingerprint density at radius 3 is 2.70 bits per heavy atom. The minimum Gasteiger partial charge on any atom is -0.324 e. The number of halogens is 1. The van der Waals surface area contributed by atoms with E-state index in [0.717, 1.165) is 24.2 Å². The number of carbonyl (C=O) groups is 1. The van der Waals surface area contributed by atoms with Gasteiger partial charge >= 0.3 is 0 Å². The SMILES string of the molecule is O=C(Nc1ccc(Cl)cc1)C1NCCc2ccccc21. The largest absolute Gasteiger partial charge is 0.324 e. The molecule has 3 nitrogen and oxygen atoms in total. The number of benzene rings is 2. The topological polar surface area (TPSA) is 41.1 Å². The van der Waals surface area contributed by atoms with E-state index >= 15 is 0 Å². The molecule has 102 valence electrons. The van der Waals surface area contributed by atoms with Gasteiger partial charge in [0.1, 0.15) is 6.04 Å². The van der Waals surface area contributed by atoms with Crippen molar-refractivity contribution in [1.29, 1.82) is 0 Å². The van der Waals surface area contributed by atoms with Crippen molar-refractivity contribution in [1.82, 2.24) is 5.32 Å². The van der Waals surface area contributed by atoms with E-state index in [0.29, 0.717) is 5.02 Å². The molecule has 4 heteroatoms. The third kappa shape index (κ3) is 2.69. The summed E-state index contributed by atoms with van der Waals surface area (Å²) in [6.45, 7) is 0.815. The number of amides is 1. The van der Waals surface area contributed by atoms with E-state index in [-0.39, 0.29) is 11.9 Å². The maximum Gasteiger partial charge on any atom is 0.246 e. The van der Waals surface area contributed by atoms with Gasteiger partial charge in [0.2, 0.25) is 5.91 Å². The van der Waals surface area contributed by atoms with Crippen LogP contribution in [0.1, 0.15) is 17.2 Å². The summed E-state index contributed by atoms with van der Waals surface area (Å²) in [5.41, 5.74) is 3.05. The molecule has 2 N–H and O–H groups in total. The van der Waals surface area contributed by atoms with Crippen LogP contribution in [0, 0.1) is 0 Å². The maximum atomic E-state index is 12.4. The number of hydrogen-bond acceptors (Lipinski definition) is 2. The molecule has 1 unspecified atom stereocenters. The lowest BCUT2D eigenvalue weighted by Gasteiger charge is -2.26.